The minimum absolute atomic E-state index is 0.0381. The lowest BCUT2D eigenvalue weighted by molar-refractivity contribution is -0.133. The van der Waals surface area contributed by atoms with Gasteiger partial charge in [0.05, 0.1) is 0 Å². The summed E-state index contributed by atoms with van der Waals surface area (Å²) in [6, 6.07) is 7.41. The average molecular weight is 302 g/mol. The Morgan fingerprint density at radius 2 is 1.73 bits per heavy atom. The van der Waals surface area contributed by atoms with Crippen LogP contribution in [0.4, 0.5) is 5.69 Å². The lowest BCUT2D eigenvalue weighted by atomic mass is 9.90. The van der Waals surface area contributed by atoms with Crippen molar-refractivity contribution >= 4 is 17.5 Å². The number of carbonyl (C=O) groups is 2. The van der Waals surface area contributed by atoms with Gasteiger partial charge in [0, 0.05) is 23.1 Å². The van der Waals surface area contributed by atoms with Gasteiger partial charge in [-0.1, -0.05) is 39.0 Å². The fraction of sp³-hybridized carbons (Fsp3) is 0.556. The van der Waals surface area contributed by atoms with E-state index in [1.54, 1.807) is 4.90 Å². The van der Waals surface area contributed by atoms with Crippen molar-refractivity contribution < 1.29 is 9.59 Å². The van der Waals surface area contributed by atoms with Gasteiger partial charge < -0.3 is 10.2 Å². The van der Waals surface area contributed by atoms with Gasteiger partial charge in [-0.05, 0) is 32.4 Å². The number of fused-ring (bicyclic) bond motifs is 1. The van der Waals surface area contributed by atoms with Crippen molar-refractivity contribution in [3.63, 3.8) is 0 Å². The Bertz CT molecular complexity index is 594. The zero-order valence-corrected chi connectivity index (χ0v) is 14.4. The van der Waals surface area contributed by atoms with E-state index in [0.717, 1.165) is 11.3 Å². The Labute approximate surface area is 132 Å². The first-order chi connectivity index (χ1) is 10.0. The number of nitrogens with one attached hydrogen (secondary N) is 1. The smallest absolute Gasteiger partial charge is 0.250 e. The van der Waals surface area contributed by atoms with Crippen LogP contribution in [0.15, 0.2) is 24.3 Å². The minimum Gasteiger partial charge on any atom is -0.344 e. The Morgan fingerprint density at radius 1 is 1.14 bits per heavy atom. The van der Waals surface area contributed by atoms with E-state index in [0.29, 0.717) is 6.42 Å². The maximum absolute atomic E-state index is 12.9. The molecule has 0 aromatic heterocycles. The molecular weight excluding hydrogens is 276 g/mol. The normalized spacial score (nSPS) is 18.9. The third-order valence-electron chi connectivity index (χ3n) is 3.83. The van der Waals surface area contributed by atoms with Gasteiger partial charge in [0.15, 0.2) is 0 Å². The van der Waals surface area contributed by atoms with Crippen molar-refractivity contribution in [1.82, 2.24) is 5.32 Å². The molecule has 0 spiro atoms. The average Bonchev–Trinajstić information content (AvgIpc) is 2.36. The molecule has 0 unspecified atom stereocenters. The molecule has 0 fully saturated rings. The van der Waals surface area contributed by atoms with Crippen LogP contribution in [0.25, 0.3) is 0 Å². The molecule has 0 radical (unpaired) electrons. The van der Waals surface area contributed by atoms with Crippen LogP contribution < -0.4 is 10.2 Å². The third kappa shape index (κ3) is 3.16. The van der Waals surface area contributed by atoms with E-state index in [2.05, 4.69) is 5.32 Å². The number of rotatable bonds is 1. The first kappa shape index (κ1) is 16.5. The van der Waals surface area contributed by atoms with Crippen molar-refractivity contribution in [2.45, 2.75) is 59.5 Å². The molecular formula is C18H26N2O2. The first-order valence-corrected chi connectivity index (χ1v) is 7.75. The zero-order valence-electron chi connectivity index (χ0n) is 14.4. The number of para-hydroxylation sites is 1. The van der Waals surface area contributed by atoms with Crippen LogP contribution in [-0.2, 0) is 16.0 Å². The second-order valence-electron chi connectivity index (χ2n) is 7.95. The molecule has 0 bridgehead atoms. The molecule has 4 nitrogen and oxygen atoms in total. The van der Waals surface area contributed by atoms with Crippen molar-refractivity contribution in [1.29, 1.82) is 0 Å². The summed E-state index contributed by atoms with van der Waals surface area (Å²) in [6.07, 6.45) is 0.545. The van der Waals surface area contributed by atoms with Gasteiger partial charge in [-0.2, -0.15) is 0 Å². The number of benzene rings is 1. The Morgan fingerprint density at radius 3 is 2.27 bits per heavy atom. The highest BCUT2D eigenvalue weighted by Crippen LogP contribution is 2.33. The molecule has 1 heterocycles. The number of nitrogens with zero attached hydrogens (tertiary/aromatic N) is 1. The van der Waals surface area contributed by atoms with E-state index >= 15 is 0 Å². The van der Waals surface area contributed by atoms with E-state index in [1.165, 1.54) is 0 Å². The van der Waals surface area contributed by atoms with Crippen LogP contribution in [0.2, 0.25) is 0 Å². The highest BCUT2D eigenvalue weighted by Gasteiger charge is 2.40. The molecule has 2 amide bonds. The molecule has 0 saturated carbocycles. The van der Waals surface area contributed by atoms with Gasteiger partial charge in [-0.25, -0.2) is 0 Å². The van der Waals surface area contributed by atoms with E-state index in [-0.39, 0.29) is 17.4 Å². The maximum atomic E-state index is 12.9. The molecule has 1 aliphatic rings. The molecule has 1 N–H and O–H groups in total. The number of anilines is 1. The largest absolute Gasteiger partial charge is 0.344 e. The summed E-state index contributed by atoms with van der Waals surface area (Å²) in [5.41, 5.74) is 1.19. The van der Waals surface area contributed by atoms with Gasteiger partial charge in [-0.3, -0.25) is 9.59 Å². The van der Waals surface area contributed by atoms with Gasteiger partial charge in [-0.15, -0.1) is 0 Å². The van der Waals surface area contributed by atoms with Gasteiger partial charge in [0.25, 0.3) is 0 Å². The fourth-order valence-corrected chi connectivity index (χ4v) is 2.66. The highest BCUT2D eigenvalue weighted by molar-refractivity contribution is 6.03. The first-order valence-electron chi connectivity index (χ1n) is 7.75. The Balaban J connectivity index is 2.38. The summed E-state index contributed by atoms with van der Waals surface area (Å²) in [4.78, 5) is 27.0. The summed E-state index contributed by atoms with van der Waals surface area (Å²) >= 11 is 0. The third-order valence-corrected chi connectivity index (χ3v) is 3.83. The molecule has 0 aliphatic carbocycles. The fourth-order valence-electron chi connectivity index (χ4n) is 2.66. The van der Waals surface area contributed by atoms with E-state index in [1.807, 2.05) is 65.8 Å². The highest BCUT2D eigenvalue weighted by atomic mass is 16.2. The van der Waals surface area contributed by atoms with Crippen molar-refractivity contribution in [2.24, 2.45) is 5.41 Å². The van der Waals surface area contributed by atoms with Gasteiger partial charge in [0.1, 0.15) is 6.04 Å². The standard InChI is InChI=1S/C18H26N2O2/c1-17(2,3)16(22)19-13-11-12-9-7-8-10-14(12)20(15(13)21)18(4,5)6/h7-10,13H,11H2,1-6H3,(H,19,22)/t13-/m0/s1. The van der Waals surface area contributed by atoms with Crippen molar-refractivity contribution in [3.05, 3.63) is 29.8 Å². The van der Waals surface area contributed by atoms with Gasteiger partial charge >= 0.3 is 0 Å². The number of carbonyl (C=O) groups excluding carboxylic acids is 2. The van der Waals surface area contributed by atoms with Crippen LogP contribution in [-0.4, -0.2) is 23.4 Å². The zero-order chi connectivity index (χ0) is 16.7. The maximum Gasteiger partial charge on any atom is 0.250 e. The second-order valence-corrected chi connectivity index (χ2v) is 7.95. The molecule has 0 saturated heterocycles. The Kier molecular flexibility index (Phi) is 4.07. The summed E-state index contributed by atoms with van der Waals surface area (Å²) in [5, 5.41) is 2.92. The number of amides is 2. The van der Waals surface area contributed by atoms with E-state index < -0.39 is 11.5 Å². The molecule has 2 rings (SSSR count). The van der Waals surface area contributed by atoms with Crippen LogP contribution >= 0.6 is 0 Å². The molecule has 22 heavy (non-hydrogen) atoms. The Hall–Kier alpha value is -1.84. The quantitative estimate of drug-likeness (QED) is 0.867. The molecule has 1 atom stereocenters. The number of hydrogen-bond donors (Lipinski definition) is 1. The minimum atomic E-state index is -0.510. The second kappa shape index (κ2) is 5.41. The van der Waals surface area contributed by atoms with Crippen LogP contribution in [0.3, 0.4) is 0 Å². The molecule has 1 aliphatic heterocycles. The van der Waals surface area contributed by atoms with E-state index in [4.69, 9.17) is 0 Å². The predicted molar refractivity (Wildman–Crippen MR) is 88.8 cm³/mol. The lowest BCUT2D eigenvalue weighted by Gasteiger charge is -2.43. The number of hydrogen-bond acceptors (Lipinski definition) is 2. The SMILES string of the molecule is CC(C)(C)C(=O)N[C@H]1Cc2ccccc2N(C(C)(C)C)C1=O. The summed E-state index contributed by atoms with van der Waals surface area (Å²) < 4.78 is 0. The topological polar surface area (TPSA) is 49.4 Å². The van der Waals surface area contributed by atoms with E-state index in [9.17, 15) is 9.59 Å². The summed E-state index contributed by atoms with van der Waals surface area (Å²) in [6.45, 7) is 11.6. The molecule has 4 heteroatoms. The molecule has 1 aromatic rings. The van der Waals surface area contributed by atoms with Crippen LogP contribution in [0.5, 0.6) is 0 Å². The molecule has 1 aromatic carbocycles. The monoisotopic (exact) mass is 302 g/mol. The van der Waals surface area contributed by atoms with Crippen molar-refractivity contribution in [2.75, 3.05) is 4.90 Å². The van der Waals surface area contributed by atoms with Gasteiger partial charge in [0.2, 0.25) is 11.8 Å². The summed E-state index contributed by atoms with van der Waals surface area (Å²) in [5.74, 6) is -0.136. The summed E-state index contributed by atoms with van der Waals surface area (Å²) in [7, 11) is 0. The lowest BCUT2D eigenvalue weighted by Crippen LogP contribution is -2.59. The van der Waals surface area contributed by atoms with Crippen LogP contribution in [0, 0.1) is 5.41 Å². The van der Waals surface area contributed by atoms with Crippen LogP contribution in [0.1, 0.15) is 47.1 Å². The van der Waals surface area contributed by atoms with Crippen molar-refractivity contribution in [3.8, 4) is 0 Å². The predicted octanol–water partition coefficient (Wildman–Crippen LogP) is 2.91. The molecule has 120 valence electrons.